The van der Waals surface area contributed by atoms with Crippen LogP contribution in [0.2, 0.25) is 0 Å². The van der Waals surface area contributed by atoms with Gasteiger partial charge < -0.3 is 25.3 Å². The lowest BCUT2D eigenvalue weighted by molar-refractivity contribution is 0.0925. The van der Waals surface area contributed by atoms with E-state index < -0.39 is 0 Å². The first-order valence-corrected chi connectivity index (χ1v) is 10.2. The maximum atomic E-state index is 12.0. The molecule has 1 aromatic carbocycles. The molecule has 0 radical (unpaired) electrons. The summed E-state index contributed by atoms with van der Waals surface area (Å²) in [6.45, 7) is 8.15. The molecule has 0 unspecified atom stereocenters. The number of hydrogen-bond acceptors (Lipinski definition) is 4. The Labute approximate surface area is 173 Å². The van der Waals surface area contributed by atoms with Gasteiger partial charge in [0, 0.05) is 51.0 Å². The third-order valence-electron chi connectivity index (χ3n) is 4.62. The highest BCUT2D eigenvalue weighted by Gasteiger charge is 2.11. The first kappa shape index (κ1) is 22.3. The first-order chi connectivity index (χ1) is 14.2. The minimum absolute atomic E-state index is 0.172. The van der Waals surface area contributed by atoms with Gasteiger partial charge in [-0.3, -0.25) is 9.79 Å². The standard InChI is InChI=1S/C22H33N5O2/c1-4-27(19-10-6-5-7-11-19)16-9-15-26-22(23-3)25-14-8-13-24-21(28)20-18(2)12-17-29-20/h5-7,10-12,17H,4,8-9,13-16H2,1-3H3,(H,24,28)(H2,23,25,26). The number of para-hydroxylation sites is 1. The number of aryl methyl sites for hydroxylation is 1. The molecule has 2 rings (SSSR count). The van der Waals surface area contributed by atoms with Gasteiger partial charge in [0.05, 0.1) is 6.26 Å². The number of anilines is 1. The maximum absolute atomic E-state index is 12.0. The van der Waals surface area contributed by atoms with Gasteiger partial charge in [-0.1, -0.05) is 18.2 Å². The zero-order valence-electron chi connectivity index (χ0n) is 17.7. The number of nitrogens with zero attached hydrogens (tertiary/aromatic N) is 2. The number of carbonyl (C=O) groups is 1. The summed E-state index contributed by atoms with van der Waals surface area (Å²) in [5, 5.41) is 9.48. The van der Waals surface area contributed by atoms with Crippen LogP contribution in [0.1, 0.15) is 35.9 Å². The van der Waals surface area contributed by atoms with Crippen LogP contribution in [0.4, 0.5) is 5.69 Å². The van der Waals surface area contributed by atoms with Gasteiger partial charge in [0.2, 0.25) is 0 Å². The number of guanidine groups is 1. The Morgan fingerprint density at radius 3 is 2.34 bits per heavy atom. The topological polar surface area (TPSA) is 81.9 Å². The molecule has 2 aromatic rings. The molecule has 0 fully saturated rings. The lowest BCUT2D eigenvalue weighted by Crippen LogP contribution is -2.40. The second kappa shape index (κ2) is 12.5. The molecule has 29 heavy (non-hydrogen) atoms. The third kappa shape index (κ3) is 7.52. The number of aliphatic imine (C=N–C) groups is 1. The molecular weight excluding hydrogens is 366 g/mol. The quantitative estimate of drug-likeness (QED) is 0.308. The summed E-state index contributed by atoms with van der Waals surface area (Å²) in [7, 11) is 1.76. The molecule has 3 N–H and O–H groups in total. The SMILES string of the molecule is CCN(CCCNC(=NC)NCCCNC(=O)c1occc1C)c1ccccc1. The van der Waals surface area contributed by atoms with Crippen LogP contribution in [-0.4, -0.2) is 51.6 Å². The molecule has 0 bridgehead atoms. The van der Waals surface area contributed by atoms with Crippen molar-refractivity contribution < 1.29 is 9.21 Å². The van der Waals surface area contributed by atoms with Gasteiger partial charge in [-0.15, -0.1) is 0 Å². The highest BCUT2D eigenvalue weighted by molar-refractivity contribution is 5.92. The summed E-state index contributed by atoms with van der Waals surface area (Å²) in [4.78, 5) is 18.6. The van der Waals surface area contributed by atoms with Gasteiger partial charge in [0.15, 0.2) is 11.7 Å². The summed E-state index contributed by atoms with van der Waals surface area (Å²) in [6.07, 6.45) is 3.34. The van der Waals surface area contributed by atoms with Gasteiger partial charge in [-0.25, -0.2) is 0 Å². The van der Waals surface area contributed by atoms with Gasteiger partial charge in [-0.2, -0.15) is 0 Å². The lowest BCUT2D eigenvalue weighted by atomic mass is 10.2. The van der Waals surface area contributed by atoms with E-state index in [1.165, 1.54) is 12.0 Å². The van der Waals surface area contributed by atoms with E-state index >= 15 is 0 Å². The normalized spacial score (nSPS) is 11.2. The minimum atomic E-state index is -0.172. The van der Waals surface area contributed by atoms with Crippen molar-refractivity contribution in [2.75, 3.05) is 44.7 Å². The van der Waals surface area contributed by atoms with Crippen LogP contribution in [0.15, 0.2) is 52.1 Å². The second-order valence-electron chi connectivity index (χ2n) is 6.74. The molecule has 0 aliphatic carbocycles. The summed E-state index contributed by atoms with van der Waals surface area (Å²) < 4.78 is 5.19. The van der Waals surface area contributed by atoms with Crippen molar-refractivity contribution in [3.63, 3.8) is 0 Å². The molecule has 1 amide bonds. The molecule has 7 heteroatoms. The zero-order valence-corrected chi connectivity index (χ0v) is 17.7. The molecular formula is C22H33N5O2. The summed E-state index contributed by atoms with van der Waals surface area (Å²) in [6, 6.07) is 12.2. The fourth-order valence-corrected chi connectivity index (χ4v) is 2.99. The number of amides is 1. The van der Waals surface area contributed by atoms with Gasteiger partial charge >= 0.3 is 0 Å². The Bertz CT molecular complexity index is 758. The van der Waals surface area contributed by atoms with E-state index in [1.807, 2.05) is 13.0 Å². The summed E-state index contributed by atoms with van der Waals surface area (Å²) in [5.74, 6) is 0.988. The molecule has 0 aliphatic heterocycles. The van der Waals surface area contributed by atoms with Gasteiger partial charge in [0.1, 0.15) is 0 Å². The molecule has 0 saturated heterocycles. The Hall–Kier alpha value is -2.96. The number of hydrogen-bond donors (Lipinski definition) is 3. The number of carbonyl (C=O) groups excluding carboxylic acids is 1. The van der Waals surface area contributed by atoms with Crippen LogP contribution in [0.5, 0.6) is 0 Å². The summed E-state index contributed by atoms with van der Waals surface area (Å²) in [5.41, 5.74) is 2.10. The Morgan fingerprint density at radius 1 is 1.03 bits per heavy atom. The molecule has 0 aliphatic rings. The van der Waals surface area contributed by atoms with Crippen molar-refractivity contribution in [2.45, 2.75) is 26.7 Å². The fourth-order valence-electron chi connectivity index (χ4n) is 2.99. The number of nitrogens with one attached hydrogen (secondary N) is 3. The van der Waals surface area contributed by atoms with Crippen molar-refractivity contribution in [2.24, 2.45) is 4.99 Å². The zero-order chi connectivity index (χ0) is 20.9. The number of furan rings is 1. The van der Waals surface area contributed by atoms with Crippen molar-refractivity contribution >= 4 is 17.6 Å². The predicted octanol–water partition coefficient (Wildman–Crippen LogP) is 2.79. The smallest absolute Gasteiger partial charge is 0.287 e. The van der Waals surface area contributed by atoms with Gasteiger partial charge in [0.25, 0.3) is 5.91 Å². The van der Waals surface area contributed by atoms with Crippen LogP contribution in [0.3, 0.4) is 0 Å². The highest BCUT2D eigenvalue weighted by Crippen LogP contribution is 2.12. The first-order valence-electron chi connectivity index (χ1n) is 10.2. The maximum Gasteiger partial charge on any atom is 0.287 e. The monoisotopic (exact) mass is 399 g/mol. The molecule has 1 aromatic heterocycles. The van der Waals surface area contributed by atoms with E-state index in [4.69, 9.17) is 4.42 Å². The highest BCUT2D eigenvalue weighted by atomic mass is 16.3. The van der Waals surface area contributed by atoms with Crippen LogP contribution in [0.25, 0.3) is 0 Å². The largest absolute Gasteiger partial charge is 0.459 e. The third-order valence-corrected chi connectivity index (χ3v) is 4.62. The van der Waals surface area contributed by atoms with Crippen LogP contribution in [0, 0.1) is 6.92 Å². The predicted molar refractivity (Wildman–Crippen MR) is 119 cm³/mol. The molecule has 7 nitrogen and oxygen atoms in total. The minimum Gasteiger partial charge on any atom is -0.459 e. The average Bonchev–Trinajstić information content (AvgIpc) is 3.18. The van der Waals surface area contributed by atoms with E-state index in [0.29, 0.717) is 12.3 Å². The Morgan fingerprint density at radius 2 is 1.72 bits per heavy atom. The Kier molecular flexibility index (Phi) is 9.62. The van der Waals surface area contributed by atoms with Crippen molar-refractivity contribution in [3.05, 3.63) is 54.0 Å². The molecule has 0 spiro atoms. The lowest BCUT2D eigenvalue weighted by Gasteiger charge is -2.23. The molecule has 0 saturated carbocycles. The van der Waals surface area contributed by atoms with Crippen LogP contribution < -0.4 is 20.9 Å². The van der Waals surface area contributed by atoms with Gasteiger partial charge in [-0.05, 0) is 44.9 Å². The summed E-state index contributed by atoms with van der Waals surface area (Å²) >= 11 is 0. The van der Waals surface area contributed by atoms with E-state index in [1.54, 1.807) is 13.1 Å². The van der Waals surface area contributed by atoms with E-state index in [2.05, 4.69) is 57.0 Å². The second-order valence-corrected chi connectivity index (χ2v) is 6.74. The van der Waals surface area contributed by atoms with Crippen LogP contribution >= 0.6 is 0 Å². The van der Waals surface area contributed by atoms with E-state index in [9.17, 15) is 4.79 Å². The van der Waals surface area contributed by atoms with Crippen LogP contribution in [-0.2, 0) is 0 Å². The Balaban J connectivity index is 1.58. The molecule has 1 heterocycles. The van der Waals surface area contributed by atoms with E-state index in [0.717, 1.165) is 50.5 Å². The van der Waals surface area contributed by atoms with E-state index in [-0.39, 0.29) is 5.91 Å². The number of rotatable bonds is 11. The molecule has 0 atom stereocenters. The molecule has 158 valence electrons. The van der Waals surface area contributed by atoms with Crippen molar-refractivity contribution in [1.82, 2.24) is 16.0 Å². The fraction of sp³-hybridized carbons (Fsp3) is 0.455. The van der Waals surface area contributed by atoms with Crippen molar-refractivity contribution in [1.29, 1.82) is 0 Å². The van der Waals surface area contributed by atoms with Crippen molar-refractivity contribution in [3.8, 4) is 0 Å². The average molecular weight is 400 g/mol. The number of benzene rings is 1.